The zero-order valence-electron chi connectivity index (χ0n) is 12.4. The van der Waals surface area contributed by atoms with Crippen LogP contribution in [0.2, 0.25) is 0 Å². The molecule has 1 aliphatic rings. The summed E-state index contributed by atoms with van der Waals surface area (Å²) in [6, 6.07) is 0.417. The number of carbonyl (C=O) groups excluding carboxylic acids is 1. The molecular weight excluding hydrogens is 302 g/mol. The molecule has 0 saturated heterocycles. The smallest absolute Gasteiger partial charge is 0.220 e. The van der Waals surface area contributed by atoms with Gasteiger partial charge in [0.15, 0.2) is 0 Å². The normalized spacial score (nSPS) is 23.3. The van der Waals surface area contributed by atoms with Gasteiger partial charge in [0.2, 0.25) is 5.91 Å². The molecule has 0 aromatic carbocycles. The van der Waals surface area contributed by atoms with Crippen molar-refractivity contribution in [1.29, 1.82) is 0 Å². The van der Waals surface area contributed by atoms with Crippen molar-refractivity contribution in [2.24, 2.45) is 5.92 Å². The van der Waals surface area contributed by atoms with Crippen LogP contribution in [-0.2, 0) is 4.79 Å². The zero-order chi connectivity index (χ0) is 13.9. The Labute approximate surface area is 127 Å². The summed E-state index contributed by atoms with van der Waals surface area (Å²) in [4.78, 5) is 11.9. The van der Waals surface area contributed by atoms with Crippen molar-refractivity contribution in [3.63, 3.8) is 0 Å². The Morgan fingerprint density at radius 1 is 1.11 bits per heavy atom. The summed E-state index contributed by atoms with van der Waals surface area (Å²) in [6.07, 6.45) is 13.2. The van der Waals surface area contributed by atoms with E-state index in [1.54, 1.807) is 0 Å². The van der Waals surface area contributed by atoms with Crippen molar-refractivity contribution < 1.29 is 4.79 Å². The molecule has 0 spiro atoms. The topological polar surface area (TPSA) is 29.1 Å². The molecule has 0 radical (unpaired) electrons. The first-order valence-corrected chi connectivity index (χ1v) is 9.25. The molecule has 2 unspecified atom stereocenters. The summed E-state index contributed by atoms with van der Waals surface area (Å²) in [5.74, 6) is 0.913. The number of hydrogen-bond acceptors (Lipinski definition) is 1. The zero-order valence-corrected chi connectivity index (χ0v) is 14.0. The van der Waals surface area contributed by atoms with E-state index in [1.807, 2.05) is 0 Å². The molecule has 2 atom stereocenters. The van der Waals surface area contributed by atoms with Crippen LogP contribution in [0, 0.1) is 5.92 Å². The fraction of sp³-hybridized carbons (Fsp3) is 0.938. The van der Waals surface area contributed by atoms with Crippen molar-refractivity contribution in [1.82, 2.24) is 5.32 Å². The minimum atomic E-state index is 0.272. The van der Waals surface area contributed by atoms with E-state index in [1.165, 1.54) is 57.8 Å². The quantitative estimate of drug-likeness (QED) is 0.476. The highest BCUT2D eigenvalue weighted by atomic mass is 79.9. The van der Waals surface area contributed by atoms with E-state index in [2.05, 4.69) is 28.2 Å². The Bertz CT molecular complexity index is 245. The number of halogens is 1. The monoisotopic (exact) mass is 331 g/mol. The van der Waals surface area contributed by atoms with Crippen LogP contribution in [0.25, 0.3) is 0 Å². The summed E-state index contributed by atoms with van der Waals surface area (Å²) < 4.78 is 0. The first-order valence-electron chi connectivity index (χ1n) is 8.13. The molecule has 3 heteroatoms. The molecule has 0 bridgehead atoms. The summed E-state index contributed by atoms with van der Waals surface area (Å²) in [7, 11) is 0. The minimum absolute atomic E-state index is 0.272. The fourth-order valence-corrected chi connectivity index (χ4v) is 3.70. The molecule has 1 N–H and O–H groups in total. The van der Waals surface area contributed by atoms with Gasteiger partial charge in [-0.05, 0) is 25.2 Å². The molecular formula is C16H30BrNO. The Morgan fingerprint density at radius 3 is 2.53 bits per heavy atom. The third-order valence-electron chi connectivity index (χ3n) is 4.21. The lowest BCUT2D eigenvalue weighted by atomic mass is 9.86. The molecule has 0 aliphatic heterocycles. The van der Waals surface area contributed by atoms with Crippen LogP contribution in [0.1, 0.15) is 77.6 Å². The molecule has 19 heavy (non-hydrogen) atoms. The summed E-state index contributed by atoms with van der Waals surface area (Å²) >= 11 is 3.58. The Morgan fingerprint density at radius 2 is 1.79 bits per heavy atom. The predicted molar refractivity (Wildman–Crippen MR) is 85.7 cm³/mol. The van der Waals surface area contributed by atoms with Gasteiger partial charge in [-0.15, -0.1) is 0 Å². The van der Waals surface area contributed by atoms with Crippen molar-refractivity contribution in [3.05, 3.63) is 0 Å². The molecule has 1 aliphatic carbocycles. The second kappa shape index (κ2) is 10.7. The largest absolute Gasteiger partial charge is 0.353 e. The van der Waals surface area contributed by atoms with Gasteiger partial charge in [-0.3, -0.25) is 4.79 Å². The van der Waals surface area contributed by atoms with Crippen molar-refractivity contribution in [3.8, 4) is 0 Å². The minimum Gasteiger partial charge on any atom is -0.353 e. The van der Waals surface area contributed by atoms with E-state index in [4.69, 9.17) is 0 Å². The predicted octanol–water partition coefficient (Wildman–Crippen LogP) is 4.81. The van der Waals surface area contributed by atoms with E-state index in [9.17, 15) is 4.79 Å². The number of alkyl halides is 1. The Hall–Kier alpha value is -0.0500. The van der Waals surface area contributed by atoms with Gasteiger partial charge in [0.1, 0.15) is 0 Å². The highest BCUT2D eigenvalue weighted by Crippen LogP contribution is 2.26. The SMILES string of the molecule is CCCCCCCCC(=O)NC1CCCCC1CBr. The Kier molecular flexibility index (Phi) is 9.58. The number of nitrogens with one attached hydrogen (secondary N) is 1. The highest BCUT2D eigenvalue weighted by Gasteiger charge is 2.25. The summed E-state index contributed by atoms with van der Waals surface area (Å²) in [5, 5.41) is 4.28. The standard InChI is InChI=1S/C16H30BrNO/c1-2-3-4-5-6-7-12-16(19)18-15-11-9-8-10-14(15)13-17/h14-15H,2-13H2,1H3,(H,18,19). The van der Waals surface area contributed by atoms with Gasteiger partial charge in [-0.1, -0.05) is 67.8 Å². The molecule has 0 heterocycles. The maximum absolute atomic E-state index is 11.9. The van der Waals surface area contributed by atoms with Gasteiger partial charge >= 0.3 is 0 Å². The van der Waals surface area contributed by atoms with Crippen molar-refractivity contribution >= 4 is 21.8 Å². The average Bonchev–Trinajstić information content (AvgIpc) is 2.43. The van der Waals surface area contributed by atoms with Crippen LogP contribution in [0.3, 0.4) is 0 Å². The molecule has 1 fully saturated rings. The first-order chi connectivity index (χ1) is 9.27. The number of hydrogen-bond donors (Lipinski definition) is 1. The second-order valence-corrected chi connectivity index (χ2v) is 6.54. The van der Waals surface area contributed by atoms with Gasteiger partial charge in [-0.25, -0.2) is 0 Å². The maximum Gasteiger partial charge on any atom is 0.220 e. The van der Waals surface area contributed by atoms with Crippen molar-refractivity contribution in [2.45, 2.75) is 83.6 Å². The van der Waals surface area contributed by atoms with Crippen LogP contribution in [0.5, 0.6) is 0 Å². The van der Waals surface area contributed by atoms with Crippen molar-refractivity contribution in [2.75, 3.05) is 5.33 Å². The molecule has 0 aromatic rings. The number of amides is 1. The third kappa shape index (κ3) is 7.34. The lowest BCUT2D eigenvalue weighted by molar-refractivity contribution is -0.122. The van der Waals surface area contributed by atoms with Crippen LogP contribution in [-0.4, -0.2) is 17.3 Å². The number of carbonyl (C=O) groups is 1. The van der Waals surface area contributed by atoms with E-state index >= 15 is 0 Å². The average molecular weight is 332 g/mol. The highest BCUT2D eigenvalue weighted by molar-refractivity contribution is 9.09. The van der Waals surface area contributed by atoms with Gasteiger partial charge in [-0.2, -0.15) is 0 Å². The van der Waals surface area contributed by atoms with E-state index in [-0.39, 0.29) is 5.91 Å². The van der Waals surface area contributed by atoms with Gasteiger partial charge in [0.25, 0.3) is 0 Å². The molecule has 1 rings (SSSR count). The van der Waals surface area contributed by atoms with Crippen LogP contribution < -0.4 is 5.32 Å². The van der Waals surface area contributed by atoms with Gasteiger partial charge in [0.05, 0.1) is 0 Å². The van der Waals surface area contributed by atoms with Crippen LogP contribution in [0.15, 0.2) is 0 Å². The summed E-state index contributed by atoms with van der Waals surface area (Å²) in [6.45, 7) is 2.23. The molecule has 1 amide bonds. The molecule has 1 saturated carbocycles. The van der Waals surface area contributed by atoms with Crippen LogP contribution in [0.4, 0.5) is 0 Å². The number of unbranched alkanes of at least 4 members (excludes halogenated alkanes) is 5. The van der Waals surface area contributed by atoms with Crippen LogP contribution >= 0.6 is 15.9 Å². The lowest BCUT2D eigenvalue weighted by Gasteiger charge is -2.31. The molecule has 112 valence electrons. The lowest BCUT2D eigenvalue weighted by Crippen LogP contribution is -2.42. The van der Waals surface area contributed by atoms with Gasteiger partial charge in [0, 0.05) is 17.8 Å². The first kappa shape index (κ1) is 17.0. The summed E-state index contributed by atoms with van der Waals surface area (Å²) in [5.41, 5.74) is 0. The maximum atomic E-state index is 11.9. The number of rotatable bonds is 9. The second-order valence-electron chi connectivity index (χ2n) is 5.89. The molecule has 2 nitrogen and oxygen atoms in total. The van der Waals surface area contributed by atoms with E-state index in [0.717, 1.165) is 18.2 Å². The van der Waals surface area contributed by atoms with E-state index in [0.29, 0.717) is 12.0 Å². The van der Waals surface area contributed by atoms with Gasteiger partial charge < -0.3 is 5.32 Å². The van der Waals surface area contributed by atoms with E-state index < -0.39 is 0 Å². The molecule has 0 aromatic heterocycles. The fourth-order valence-electron chi connectivity index (χ4n) is 2.93. The third-order valence-corrected chi connectivity index (χ3v) is 5.04. The Balaban J connectivity index is 2.09.